The zero-order chi connectivity index (χ0) is 15.2. The van der Waals surface area contributed by atoms with Crippen LogP contribution in [0.15, 0.2) is 21.9 Å². The van der Waals surface area contributed by atoms with Crippen LogP contribution in [-0.4, -0.2) is 16.1 Å². The molecule has 0 saturated heterocycles. The Morgan fingerprint density at radius 2 is 2.24 bits per heavy atom. The van der Waals surface area contributed by atoms with E-state index in [1.807, 2.05) is 17.5 Å². The Labute approximate surface area is 128 Å². The van der Waals surface area contributed by atoms with Crippen LogP contribution in [0.3, 0.4) is 0 Å². The van der Waals surface area contributed by atoms with Crippen molar-refractivity contribution in [3.05, 3.63) is 34.2 Å². The van der Waals surface area contributed by atoms with Gasteiger partial charge in [-0.2, -0.15) is 0 Å². The van der Waals surface area contributed by atoms with E-state index < -0.39 is 0 Å². The van der Waals surface area contributed by atoms with Gasteiger partial charge in [0.05, 0.1) is 0 Å². The molecule has 0 aliphatic carbocycles. The van der Waals surface area contributed by atoms with Gasteiger partial charge in [0.2, 0.25) is 17.7 Å². The molecule has 0 fully saturated rings. The molecule has 0 spiro atoms. The Balaban J connectivity index is 1.92. The first-order valence-corrected chi connectivity index (χ1v) is 8.04. The number of aromatic nitrogens is 2. The van der Waals surface area contributed by atoms with Gasteiger partial charge in [0.1, 0.15) is 6.04 Å². The number of nitrogens with one attached hydrogen (secondary N) is 1. The standard InChI is InChI=1S/C15H21N3O2S/c1-10(2)9-13(15-18-17-11(3)20-15)16-14(19)7-6-12-5-4-8-21-12/h4-5,8,10,13H,6-7,9H2,1-3H3,(H,16,19). The van der Waals surface area contributed by atoms with E-state index in [4.69, 9.17) is 4.42 Å². The Bertz CT molecular complexity index is 563. The van der Waals surface area contributed by atoms with E-state index >= 15 is 0 Å². The fourth-order valence-electron chi connectivity index (χ4n) is 2.10. The molecule has 0 bridgehead atoms. The predicted octanol–water partition coefficient (Wildman–Crippen LogP) is 3.28. The van der Waals surface area contributed by atoms with E-state index in [0.29, 0.717) is 24.1 Å². The largest absolute Gasteiger partial charge is 0.423 e. The van der Waals surface area contributed by atoms with Gasteiger partial charge in [-0.3, -0.25) is 4.79 Å². The smallest absolute Gasteiger partial charge is 0.238 e. The highest BCUT2D eigenvalue weighted by Gasteiger charge is 2.21. The van der Waals surface area contributed by atoms with Crippen LogP contribution in [0.2, 0.25) is 0 Å². The number of rotatable bonds is 7. The zero-order valence-electron chi connectivity index (χ0n) is 12.6. The van der Waals surface area contributed by atoms with Crippen LogP contribution >= 0.6 is 11.3 Å². The third-order valence-corrected chi connectivity index (χ3v) is 4.00. The molecule has 6 heteroatoms. The van der Waals surface area contributed by atoms with E-state index in [1.165, 1.54) is 4.88 Å². The van der Waals surface area contributed by atoms with Gasteiger partial charge in [-0.15, -0.1) is 21.5 Å². The minimum absolute atomic E-state index is 0.0184. The summed E-state index contributed by atoms with van der Waals surface area (Å²) < 4.78 is 5.46. The Hall–Kier alpha value is -1.69. The van der Waals surface area contributed by atoms with Gasteiger partial charge in [0.15, 0.2) is 0 Å². The maximum absolute atomic E-state index is 12.1. The summed E-state index contributed by atoms with van der Waals surface area (Å²) in [6, 6.07) is 3.84. The molecule has 0 aliphatic heterocycles. The minimum atomic E-state index is -0.206. The number of thiophene rings is 1. The first kappa shape index (κ1) is 15.7. The van der Waals surface area contributed by atoms with Crippen molar-refractivity contribution in [2.45, 2.75) is 46.1 Å². The van der Waals surface area contributed by atoms with E-state index in [-0.39, 0.29) is 11.9 Å². The van der Waals surface area contributed by atoms with Crippen LogP contribution in [0.4, 0.5) is 0 Å². The van der Waals surface area contributed by atoms with E-state index in [0.717, 1.165) is 12.8 Å². The number of amides is 1. The highest BCUT2D eigenvalue weighted by atomic mass is 32.1. The van der Waals surface area contributed by atoms with Crippen molar-refractivity contribution in [1.82, 2.24) is 15.5 Å². The van der Waals surface area contributed by atoms with Crippen molar-refractivity contribution in [2.24, 2.45) is 5.92 Å². The first-order chi connectivity index (χ1) is 10.0. The molecule has 2 aromatic rings. The third-order valence-electron chi connectivity index (χ3n) is 3.06. The average molecular weight is 307 g/mol. The maximum Gasteiger partial charge on any atom is 0.238 e. The predicted molar refractivity (Wildman–Crippen MR) is 82.0 cm³/mol. The van der Waals surface area contributed by atoms with Crippen LogP contribution < -0.4 is 5.32 Å². The van der Waals surface area contributed by atoms with Gasteiger partial charge in [0.25, 0.3) is 0 Å². The van der Waals surface area contributed by atoms with E-state index in [1.54, 1.807) is 18.3 Å². The summed E-state index contributed by atoms with van der Waals surface area (Å²) in [4.78, 5) is 13.3. The number of carbonyl (C=O) groups excluding carboxylic acids is 1. The summed E-state index contributed by atoms with van der Waals surface area (Å²) >= 11 is 1.67. The summed E-state index contributed by atoms with van der Waals surface area (Å²) in [5, 5.41) is 12.9. The Kier molecular flexibility index (Phi) is 5.50. The minimum Gasteiger partial charge on any atom is -0.423 e. The van der Waals surface area contributed by atoms with E-state index in [9.17, 15) is 4.79 Å². The number of aryl methyl sites for hydroxylation is 2. The second-order valence-electron chi connectivity index (χ2n) is 5.49. The highest BCUT2D eigenvalue weighted by Crippen LogP contribution is 2.20. The van der Waals surface area contributed by atoms with Crippen LogP contribution in [0, 0.1) is 12.8 Å². The molecule has 2 rings (SSSR count). The van der Waals surface area contributed by atoms with Crippen molar-refractivity contribution < 1.29 is 9.21 Å². The topological polar surface area (TPSA) is 68.0 Å². The second kappa shape index (κ2) is 7.36. The van der Waals surface area contributed by atoms with Crippen LogP contribution in [0.5, 0.6) is 0 Å². The molecule has 5 nitrogen and oxygen atoms in total. The molecule has 1 N–H and O–H groups in total. The average Bonchev–Trinajstić information content (AvgIpc) is 3.06. The second-order valence-corrected chi connectivity index (χ2v) is 6.52. The molecule has 2 heterocycles. The third kappa shape index (κ3) is 4.97. The maximum atomic E-state index is 12.1. The van der Waals surface area contributed by atoms with Gasteiger partial charge >= 0.3 is 0 Å². The summed E-state index contributed by atoms with van der Waals surface area (Å²) in [7, 11) is 0. The molecule has 1 unspecified atom stereocenters. The normalized spacial score (nSPS) is 12.6. The van der Waals surface area contributed by atoms with Gasteiger partial charge in [0, 0.05) is 18.2 Å². The van der Waals surface area contributed by atoms with Crippen molar-refractivity contribution in [1.29, 1.82) is 0 Å². The molecule has 114 valence electrons. The lowest BCUT2D eigenvalue weighted by molar-refractivity contribution is -0.122. The summed E-state index contributed by atoms with van der Waals surface area (Å²) in [5.41, 5.74) is 0. The van der Waals surface area contributed by atoms with Crippen LogP contribution in [0.25, 0.3) is 0 Å². The number of hydrogen-bond acceptors (Lipinski definition) is 5. The summed E-state index contributed by atoms with van der Waals surface area (Å²) in [6.45, 7) is 5.96. The van der Waals surface area contributed by atoms with Crippen molar-refractivity contribution in [2.75, 3.05) is 0 Å². The summed E-state index contributed by atoms with van der Waals surface area (Å²) in [6.07, 6.45) is 2.02. The molecule has 1 atom stereocenters. The van der Waals surface area contributed by atoms with Gasteiger partial charge in [-0.05, 0) is 30.2 Å². The molecule has 0 saturated carbocycles. The Morgan fingerprint density at radius 1 is 1.43 bits per heavy atom. The van der Waals surface area contributed by atoms with Crippen LogP contribution in [-0.2, 0) is 11.2 Å². The molecular weight excluding hydrogens is 286 g/mol. The van der Waals surface area contributed by atoms with Gasteiger partial charge < -0.3 is 9.73 Å². The first-order valence-electron chi connectivity index (χ1n) is 7.16. The highest BCUT2D eigenvalue weighted by molar-refractivity contribution is 7.09. The lowest BCUT2D eigenvalue weighted by atomic mass is 10.0. The zero-order valence-corrected chi connectivity index (χ0v) is 13.4. The SMILES string of the molecule is Cc1nnc(C(CC(C)C)NC(=O)CCc2cccs2)o1. The van der Waals surface area contributed by atoms with Crippen molar-refractivity contribution >= 4 is 17.2 Å². The lowest BCUT2D eigenvalue weighted by Crippen LogP contribution is -2.30. The molecule has 1 amide bonds. The Morgan fingerprint density at radius 3 is 2.81 bits per heavy atom. The molecule has 0 radical (unpaired) electrons. The lowest BCUT2D eigenvalue weighted by Gasteiger charge is -2.17. The molecule has 21 heavy (non-hydrogen) atoms. The van der Waals surface area contributed by atoms with Crippen molar-refractivity contribution in [3.63, 3.8) is 0 Å². The fraction of sp³-hybridized carbons (Fsp3) is 0.533. The number of nitrogens with zero attached hydrogens (tertiary/aromatic N) is 2. The molecule has 0 aromatic carbocycles. The van der Waals surface area contributed by atoms with Crippen molar-refractivity contribution in [3.8, 4) is 0 Å². The fourth-order valence-corrected chi connectivity index (χ4v) is 2.81. The summed E-state index contributed by atoms with van der Waals surface area (Å²) in [5.74, 6) is 1.46. The number of carbonyl (C=O) groups is 1. The molecular formula is C15H21N3O2S. The monoisotopic (exact) mass is 307 g/mol. The molecule has 2 aromatic heterocycles. The number of hydrogen-bond donors (Lipinski definition) is 1. The quantitative estimate of drug-likeness (QED) is 0.852. The van der Waals surface area contributed by atoms with Gasteiger partial charge in [-0.1, -0.05) is 19.9 Å². The van der Waals surface area contributed by atoms with Gasteiger partial charge in [-0.25, -0.2) is 0 Å². The van der Waals surface area contributed by atoms with Crippen LogP contribution in [0.1, 0.15) is 49.4 Å². The van der Waals surface area contributed by atoms with E-state index in [2.05, 4.69) is 29.4 Å². The molecule has 0 aliphatic rings.